The van der Waals surface area contributed by atoms with Crippen LogP contribution in [0.1, 0.15) is 115 Å². The molecule has 0 N–H and O–H groups in total. The maximum absolute atomic E-state index is 10.9. The minimum absolute atomic E-state index is 0. The monoisotopic (exact) mass is 620 g/mol. The first-order valence-corrected chi connectivity index (χ1v) is 15.0. The van der Waals surface area contributed by atoms with Crippen LogP contribution in [0.25, 0.3) is 10.8 Å². The summed E-state index contributed by atoms with van der Waals surface area (Å²) in [5.41, 5.74) is 9.43. The van der Waals surface area contributed by atoms with Gasteiger partial charge in [-0.25, -0.2) is 0 Å². The summed E-state index contributed by atoms with van der Waals surface area (Å²) < 4.78 is 0. The number of aliphatic imine (C=N–C) groups is 2. The van der Waals surface area contributed by atoms with Crippen molar-refractivity contribution in [1.82, 2.24) is 0 Å². The van der Waals surface area contributed by atoms with E-state index in [0.717, 1.165) is 33.6 Å². The van der Waals surface area contributed by atoms with Crippen LogP contribution in [0.3, 0.4) is 0 Å². The molecular weight excluding hydrogens is 575 g/mol. The Morgan fingerprint density at radius 3 is 1.02 bits per heavy atom. The Kier molecular flexibility index (Phi) is 13.2. The van der Waals surface area contributed by atoms with Crippen LogP contribution >= 0.6 is 0 Å². The molecule has 4 aromatic carbocycles. The van der Waals surface area contributed by atoms with Gasteiger partial charge in [-0.05, 0) is 70.5 Å². The Morgan fingerprint density at radius 2 is 0.767 bits per heavy atom. The van der Waals surface area contributed by atoms with Gasteiger partial charge < -0.3 is 10.2 Å². The number of benzene rings is 4. The zero-order valence-corrected chi connectivity index (χ0v) is 28.3. The first-order chi connectivity index (χ1) is 19.8. The van der Waals surface area contributed by atoms with E-state index in [9.17, 15) is 10.2 Å². The van der Waals surface area contributed by atoms with Crippen LogP contribution < -0.4 is 10.2 Å². The normalized spacial score (nSPS) is 12.1. The predicted octanol–water partition coefficient (Wildman–Crippen LogP) is 10.0. The van der Waals surface area contributed by atoms with Crippen molar-refractivity contribution in [2.75, 3.05) is 0 Å². The zero-order valence-electron chi connectivity index (χ0n) is 27.3. The molecule has 0 aromatic heterocycles. The zero-order chi connectivity index (χ0) is 31.1. The van der Waals surface area contributed by atoms with Crippen LogP contribution in [0.5, 0.6) is 11.5 Å². The topological polar surface area (TPSA) is 70.8 Å². The average Bonchev–Trinajstić information content (AvgIpc) is 2.93. The van der Waals surface area contributed by atoms with Crippen LogP contribution in [0.15, 0.2) is 82.8 Å². The minimum Gasteiger partial charge on any atom is -0.873 e. The second kappa shape index (κ2) is 15.9. The first kappa shape index (κ1) is 35.8. The van der Waals surface area contributed by atoms with E-state index in [1.165, 1.54) is 34.4 Å². The van der Waals surface area contributed by atoms with E-state index in [1.807, 2.05) is 24.3 Å². The van der Waals surface area contributed by atoms with Gasteiger partial charge in [-0.2, -0.15) is 0 Å². The van der Waals surface area contributed by atoms with Crippen LogP contribution in [-0.2, 0) is 16.5 Å². The largest absolute Gasteiger partial charge is 2.00 e. The van der Waals surface area contributed by atoms with Crippen molar-refractivity contribution in [2.24, 2.45) is 9.98 Å². The van der Waals surface area contributed by atoms with Gasteiger partial charge in [-0.15, -0.1) is 11.5 Å². The number of fused-ring (bicyclic) bond motifs is 1. The number of rotatable bonds is 7. The maximum Gasteiger partial charge on any atom is 2.00 e. The van der Waals surface area contributed by atoms with Crippen molar-refractivity contribution in [3.8, 4) is 11.5 Å². The van der Waals surface area contributed by atoms with Gasteiger partial charge in [0.1, 0.15) is 0 Å². The third-order valence-corrected chi connectivity index (χ3v) is 7.58. The van der Waals surface area contributed by atoms with Crippen LogP contribution in [0, 0.1) is 0 Å². The van der Waals surface area contributed by atoms with Gasteiger partial charge >= 0.3 is 16.5 Å². The van der Waals surface area contributed by atoms with E-state index in [4.69, 9.17) is 9.98 Å². The molecule has 0 aliphatic heterocycles. The second-order valence-electron chi connectivity index (χ2n) is 12.2. The summed E-state index contributed by atoms with van der Waals surface area (Å²) in [4.78, 5) is 10.3. The molecule has 4 rings (SSSR count). The molecule has 0 fully saturated rings. The van der Waals surface area contributed by atoms with Crippen LogP contribution in [0.2, 0.25) is 0 Å². The van der Waals surface area contributed by atoms with Gasteiger partial charge in [0.25, 0.3) is 0 Å². The molecule has 0 spiro atoms. The molecule has 4 aromatic rings. The van der Waals surface area contributed by atoms with Gasteiger partial charge in [-0.1, -0.05) is 128 Å². The van der Waals surface area contributed by atoms with Gasteiger partial charge in [0.15, 0.2) is 0 Å². The molecule has 0 saturated carbocycles. The third-order valence-electron chi connectivity index (χ3n) is 7.58. The van der Waals surface area contributed by atoms with E-state index < -0.39 is 11.5 Å². The molecule has 0 atom stereocenters. The summed E-state index contributed by atoms with van der Waals surface area (Å²) in [6.45, 7) is 22.1. The predicted molar refractivity (Wildman–Crippen MR) is 178 cm³/mol. The van der Waals surface area contributed by atoms with E-state index in [-0.39, 0.29) is 16.5 Å². The van der Waals surface area contributed by atoms with Crippen LogP contribution in [0.4, 0.5) is 11.4 Å². The molecular formula is C38H46N2NiO2. The third kappa shape index (κ3) is 9.03. The number of nitrogens with zero attached hydrogens (tertiary/aromatic N) is 2. The SMILES string of the molecule is CC(=Nc1c(C(C)C)cccc1C(C)C)C(C)=Nc1c(C(C)C)cccc1C(C)C.[Ni+2].[O-]c1cc2ccccc2cc1[O-]. The van der Waals surface area contributed by atoms with Crippen molar-refractivity contribution >= 4 is 33.6 Å². The molecule has 43 heavy (non-hydrogen) atoms. The molecule has 0 aliphatic carbocycles. The molecule has 4 nitrogen and oxygen atoms in total. The van der Waals surface area contributed by atoms with Gasteiger partial charge in [0, 0.05) is 0 Å². The summed E-state index contributed by atoms with van der Waals surface area (Å²) in [7, 11) is 0. The van der Waals surface area contributed by atoms with Gasteiger partial charge in [0.2, 0.25) is 0 Å². The maximum atomic E-state index is 10.9. The Bertz CT molecular complexity index is 1410. The standard InChI is InChI=1S/C28H40N2.C10H8O2.Ni/c1-17(2)23-13-11-14-24(18(3)4)27(23)29-21(9)22(10)30-28-25(19(5)6)15-12-16-26(28)20(7)8;11-9-5-7-3-1-2-4-8(7)6-10(9)12;/h11-20H,1-10H3;1-6,11-12H;/q;;+2/p-2. The fourth-order valence-electron chi connectivity index (χ4n) is 4.98. The average molecular weight is 621 g/mol. The minimum atomic E-state index is -0.436. The molecule has 0 heterocycles. The summed E-state index contributed by atoms with van der Waals surface area (Å²) in [6.07, 6.45) is 0. The molecule has 0 saturated heterocycles. The Hall–Kier alpha value is -3.43. The summed E-state index contributed by atoms with van der Waals surface area (Å²) in [5, 5.41) is 23.5. The van der Waals surface area contributed by atoms with Gasteiger partial charge in [-0.3, -0.25) is 9.98 Å². The van der Waals surface area contributed by atoms with Crippen molar-refractivity contribution in [1.29, 1.82) is 0 Å². The number of hydrogen-bond acceptors (Lipinski definition) is 4. The molecule has 0 bridgehead atoms. The number of hydrogen-bond donors (Lipinski definition) is 0. The van der Waals surface area contributed by atoms with E-state index >= 15 is 0 Å². The van der Waals surface area contributed by atoms with E-state index in [0.29, 0.717) is 23.7 Å². The van der Waals surface area contributed by atoms with Crippen molar-refractivity contribution in [3.63, 3.8) is 0 Å². The quantitative estimate of drug-likeness (QED) is 0.152. The molecule has 230 valence electrons. The fraction of sp³-hybridized carbons (Fsp3) is 0.368. The van der Waals surface area contributed by atoms with Crippen molar-refractivity contribution in [3.05, 3.63) is 95.1 Å². The molecule has 5 heteroatoms. The molecule has 0 radical (unpaired) electrons. The van der Waals surface area contributed by atoms with E-state index in [1.54, 1.807) is 0 Å². The second-order valence-corrected chi connectivity index (χ2v) is 12.2. The van der Waals surface area contributed by atoms with Gasteiger partial charge in [0.05, 0.1) is 22.8 Å². The smallest absolute Gasteiger partial charge is 0.873 e. The fourth-order valence-corrected chi connectivity index (χ4v) is 4.98. The first-order valence-electron chi connectivity index (χ1n) is 15.0. The Morgan fingerprint density at radius 1 is 0.488 bits per heavy atom. The summed E-state index contributed by atoms with van der Waals surface area (Å²) in [5.74, 6) is 0.856. The summed E-state index contributed by atoms with van der Waals surface area (Å²) in [6, 6.07) is 23.2. The Labute approximate surface area is 268 Å². The molecule has 0 aliphatic rings. The van der Waals surface area contributed by atoms with Crippen molar-refractivity contribution < 1.29 is 26.7 Å². The molecule has 0 amide bonds. The van der Waals surface area contributed by atoms with E-state index in [2.05, 4.69) is 106 Å². The molecule has 0 unspecified atom stereocenters. The summed E-state index contributed by atoms with van der Waals surface area (Å²) >= 11 is 0. The number of para-hydroxylation sites is 2. The van der Waals surface area contributed by atoms with Crippen LogP contribution in [-0.4, -0.2) is 11.4 Å². The van der Waals surface area contributed by atoms with Crippen molar-refractivity contribution in [2.45, 2.75) is 92.9 Å². The Balaban J connectivity index is 0.000000411.